The number of hydrogen-bond donors (Lipinski definition) is 7. The second-order valence-electron chi connectivity index (χ2n) is 28.4. The van der Waals surface area contributed by atoms with Crippen molar-refractivity contribution in [1.29, 1.82) is 0 Å². The van der Waals surface area contributed by atoms with Crippen LogP contribution in [0.2, 0.25) is 0 Å². The van der Waals surface area contributed by atoms with Gasteiger partial charge in [-0.05, 0) is 146 Å². The number of aromatic nitrogens is 3. The minimum absolute atomic E-state index is 0.0506. The molecule has 6 N–H and O–H groups in total. The molecule has 0 aliphatic rings. The van der Waals surface area contributed by atoms with Crippen LogP contribution in [0.1, 0.15) is 143 Å². The monoisotopic (exact) mass is 1530 g/mol. The third-order valence-electron chi connectivity index (χ3n) is 17.9. The van der Waals surface area contributed by atoms with E-state index in [1.54, 1.807) is 69.4 Å². The SMILES string of the molecule is COc1ccccc1-c1cccc(C(Nc2c(C(C)C)cccc2C(C)C)c2ccccc2)n1.COc1ccccc1N=Cc1ccccc1O.Cc1c(F)c(F)c(F)c(F)c1N=Cc1cc(C(C)(C)C)cc(C(C)(C)C)c1O.Oc1cc2ccccc2cc1Sc1c(O)ccc2ccccc12.S=C(S)c1cnc[nH]1. The molecular formula is C91H90F4N6O6S3. The van der Waals surface area contributed by atoms with Crippen LogP contribution in [-0.2, 0) is 10.8 Å². The predicted octanol–water partition coefficient (Wildman–Crippen LogP) is 24.5. The first kappa shape index (κ1) is 82.8. The molecule has 12 nitrogen and oxygen atoms in total. The second kappa shape index (κ2) is 37.7. The van der Waals surface area contributed by atoms with Gasteiger partial charge < -0.3 is 40.2 Å². The molecule has 0 aliphatic heterocycles. The summed E-state index contributed by atoms with van der Waals surface area (Å²) < 4.78 is 66.1. The van der Waals surface area contributed by atoms with E-state index >= 15 is 0 Å². The lowest BCUT2D eigenvalue weighted by atomic mass is 9.79. The van der Waals surface area contributed by atoms with Crippen molar-refractivity contribution in [2.24, 2.45) is 9.98 Å². The molecule has 19 heteroatoms. The van der Waals surface area contributed by atoms with E-state index < -0.39 is 34.5 Å². The lowest BCUT2D eigenvalue weighted by molar-refractivity contribution is 0.407. The van der Waals surface area contributed by atoms with Crippen LogP contribution in [0.3, 0.4) is 0 Å². The smallest absolute Gasteiger partial charge is 0.199 e. The Morgan fingerprint density at radius 2 is 1.15 bits per heavy atom. The normalized spacial score (nSPS) is 11.6. The Kier molecular flexibility index (Phi) is 28.4. The van der Waals surface area contributed by atoms with Crippen LogP contribution in [0.5, 0.6) is 34.5 Å². The third kappa shape index (κ3) is 21.0. The molecule has 0 bridgehead atoms. The zero-order valence-corrected chi connectivity index (χ0v) is 66.1. The molecule has 0 spiro atoms. The molecule has 11 aromatic carbocycles. The number of para-hydroxylation sites is 5. The van der Waals surface area contributed by atoms with Crippen LogP contribution in [0.25, 0.3) is 32.8 Å². The van der Waals surface area contributed by atoms with Crippen molar-refractivity contribution in [2.45, 2.75) is 115 Å². The largest absolute Gasteiger partial charge is 0.507 e. The van der Waals surface area contributed by atoms with Gasteiger partial charge in [0, 0.05) is 45.9 Å². The lowest BCUT2D eigenvalue weighted by Crippen LogP contribution is -2.17. The van der Waals surface area contributed by atoms with Crippen molar-refractivity contribution in [2.75, 3.05) is 19.5 Å². The molecular weight excluding hydrogens is 1450 g/mol. The number of anilines is 1. The summed E-state index contributed by atoms with van der Waals surface area (Å²) in [6.45, 7) is 21.9. The minimum Gasteiger partial charge on any atom is -0.507 e. The van der Waals surface area contributed by atoms with Crippen LogP contribution in [0.4, 0.5) is 34.6 Å². The Balaban J connectivity index is 0.000000167. The number of aromatic hydroxyl groups is 4. The summed E-state index contributed by atoms with van der Waals surface area (Å²) in [5.74, 6) is -3.90. The first-order chi connectivity index (χ1) is 52.5. The number of phenolic OH excluding ortho intramolecular Hbond substituents is 4. The fourth-order valence-corrected chi connectivity index (χ4v) is 13.1. The molecule has 1 unspecified atom stereocenters. The Morgan fingerprint density at radius 3 is 1.77 bits per heavy atom. The summed E-state index contributed by atoms with van der Waals surface area (Å²) in [5, 5.41) is 48.9. The molecule has 0 amide bonds. The molecule has 13 aromatic rings. The average Bonchev–Trinajstić information content (AvgIpc) is 1.34. The van der Waals surface area contributed by atoms with Gasteiger partial charge in [0.15, 0.2) is 23.3 Å². The number of rotatable bonds is 16. The molecule has 2 aromatic heterocycles. The number of thiocarbonyl (C=S) groups is 1. The van der Waals surface area contributed by atoms with Gasteiger partial charge in [0.05, 0.1) is 63.9 Å². The number of methoxy groups -OCH3 is 2. The van der Waals surface area contributed by atoms with Crippen LogP contribution in [0.15, 0.2) is 257 Å². The number of benzene rings is 11. The van der Waals surface area contributed by atoms with Gasteiger partial charge in [-0.1, -0.05) is 245 Å². The number of pyridine rings is 1. The number of imidazole rings is 1. The van der Waals surface area contributed by atoms with E-state index in [-0.39, 0.29) is 45.4 Å². The number of fused-ring (bicyclic) bond motifs is 2. The van der Waals surface area contributed by atoms with Crippen LogP contribution < -0.4 is 14.8 Å². The van der Waals surface area contributed by atoms with E-state index in [4.69, 9.17) is 26.7 Å². The second-order valence-corrected chi connectivity index (χ2v) is 30.6. The highest BCUT2D eigenvalue weighted by Gasteiger charge is 2.27. The Labute approximate surface area is 656 Å². The maximum Gasteiger partial charge on any atom is 0.199 e. The van der Waals surface area contributed by atoms with Crippen LogP contribution in [0, 0.1) is 30.2 Å². The van der Waals surface area contributed by atoms with Gasteiger partial charge in [-0.2, -0.15) is 0 Å². The number of thiol groups is 1. The average molecular weight is 1540 g/mol. The van der Waals surface area contributed by atoms with E-state index in [0.717, 1.165) is 84.1 Å². The summed E-state index contributed by atoms with van der Waals surface area (Å²) in [7, 11) is 3.31. The first-order valence-electron chi connectivity index (χ1n) is 35.6. The van der Waals surface area contributed by atoms with Gasteiger partial charge in [-0.3, -0.25) is 15.0 Å². The fourth-order valence-electron chi connectivity index (χ4n) is 11.8. The summed E-state index contributed by atoms with van der Waals surface area (Å²) in [6.07, 6.45) is 5.96. The molecule has 1 atom stereocenters. The van der Waals surface area contributed by atoms with Crippen molar-refractivity contribution >= 4 is 91.8 Å². The lowest BCUT2D eigenvalue weighted by Gasteiger charge is -2.27. The number of nitrogens with zero attached hydrogens (tertiary/aromatic N) is 4. The van der Waals surface area contributed by atoms with E-state index in [2.05, 4.69) is 132 Å². The van der Waals surface area contributed by atoms with Crippen molar-refractivity contribution < 1.29 is 47.5 Å². The van der Waals surface area contributed by atoms with Crippen molar-refractivity contribution in [3.63, 3.8) is 0 Å². The number of phenols is 4. The van der Waals surface area contributed by atoms with Crippen LogP contribution >= 0.6 is 36.6 Å². The van der Waals surface area contributed by atoms with E-state index in [1.165, 1.54) is 34.1 Å². The van der Waals surface area contributed by atoms with Crippen LogP contribution in [-0.4, -0.2) is 66.2 Å². The van der Waals surface area contributed by atoms with Crippen molar-refractivity contribution in [1.82, 2.24) is 15.0 Å². The standard InChI is InChI=1S/C31H34N2O.C22H25F4NO.C20H14O2S.C14H13NO2.C4H4N2S2/c1-21(2)24-16-11-17-25(22(3)4)31(24)33-30(23-13-7-6-8-14-23)28-19-12-18-27(32-28)26-15-9-10-20-29(26)34-5;1-11-15(23)16(24)17(25)18(26)19(11)27-10-12-8-13(21(2,3)4)9-14(20(12)28)22(5,6)7;21-17-10-9-13-5-3-4-8-16(13)20(17)23-19-12-15-7-2-1-6-14(15)11-18(19)22;1-17-14-9-5-3-7-12(14)15-10-11-6-2-4-8-13(11)16;7-4(8)3-1-5-2-6-3/h6-22,30,33H,1-5H3;8-10,28H,1-7H3;1-12,21-22H;2-10,16H,1H3;1-2H,(H,5,6)(H,7,8). The predicted molar refractivity (Wildman–Crippen MR) is 450 cm³/mol. The fraction of sp³-hybridized carbons (Fsp3) is 0.198. The summed E-state index contributed by atoms with van der Waals surface area (Å²) >= 11 is 10.0. The highest BCUT2D eigenvalue weighted by molar-refractivity contribution is 8.11. The summed E-state index contributed by atoms with van der Waals surface area (Å²) in [5.41, 5.74) is 10.2. The first-order valence-corrected chi connectivity index (χ1v) is 37.2. The molecule has 2 heterocycles. The van der Waals surface area contributed by atoms with Gasteiger partial charge in [0.1, 0.15) is 45.9 Å². The zero-order valence-electron chi connectivity index (χ0n) is 63.6. The summed E-state index contributed by atoms with van der Waals surface area (Å²) in [4.78, 5) is 21.3. The van der Waals surface area contributed by atoms with Gasteiger partial charge in [-0.25, -0.2) is 22.5 Å². The molecule has 110 heavy (non-hydrogen) atoms. The molecule has 0 fully saturated rings. The van der Waals surface area contributed by atoms with Gasteiger partial charge >= 0.3 is 0 Å². The quantitative estimate of drug-likeness (QED) is 0.0122. The molecule has 566 valence electrons. The van der Waals surface area contributed by atoms with Gasteiger partial charge in [0.25, 0.3) is 0 Å². The number of H-pyrrole nitrogens is 1. The third-order valence-corrected chi connectivity index (χ3v) is 19.5. The molecule has 0 aliphatic carbocycles. The molecule has 0 saturated heterocycles. The topological polar surface area (TPSA) is 178 Å². The van der Waals surface area contributed by atoms with Gasteiger partial charge in [-0.15, -0.1) is 12.6 Å². The Bertz CT molecular complexity index is 5340. The van der Waals surface area contributed by atoms with E-state index in [0.29, 0.717) is 32.9 Å². The van der Waals surface area contributed by atoms with Crippen molar-refractivity contribution in [3.05, 3.63) is 316 Å². The van der Waals surface area contributed by atoms with Crippen molar-refractivity contribution in [3.8, 4) is 45.8 Å². The van der Waals surface area contributed by atoms with E-state index in [1.807, 2.05) is 163 Å². The number of ether oxygens (including phenoxy) is 2. The number of nitrogens with one attached hydrogen (secondary N) is 2. The molecule has 13 rings (SSSR count). The molecule has 0 radical (unpaired) electrons. The number of aliphatic imine (C=N–C) groups is 2. The highest BCUT2D eigenvalue weighted by Crippen LogP contribution is 2.45. The maximum absolute atomic E-state index is 14.1. The zero-order chi connectivity index (χ0) is 79.6. The maximum atomic E-state index is 14.1. The van der Waals surface area contributed by atoms with E-state index in [9.17, 15) is 38.0 Å². The van der Waals surface area contributed by atoms with Gasteiger partial charge in [0.2, 0.25) is 0 Å². The number of hydrogen-bond acceptors (Lipinski definition) is 13. The minimum atomic E-state index is -1.92. The highest BCUT2D eigenvalue weighted by atomic mass is 32.2. The number of halogens is 4. The number of aromatic amines is 1. The Hall–Kier alpha value is -11.3. The molecule has 0 saturated carbocycles. The Morgan fingerprint density at radius 1 is 0.573 bits per heavy atom. The summed E-state index contributed by atoms with van der Waals surface area (Å²) in [6, 6.07) is 72.7.